The molecule has 0 saturated heterocycles. The number of aromatic carboxylic acids is 1. The first kappa shape index (κ1) is 15.0. The van der Waals surface area contributed by atoms with Crippen LogP contribution in [0.2, 0.25) is 0 Å². The molecule has 2 N–H and O–H groups in total. The molecule has 0 bridgehead atoms. The molecule has 2 rings (SSSR count). The van der Waals surface area contributed by atoms with Crippen LogP contribution in [0, 0.1) is 0 Å². The number of carboxylic acids is 1. The smallest absolute Gasteiger partial charge is 0.354 e. The standard InChI is InChI=1S/C13H11BrN2O5/c1-20-8-4-7(14)9(21-2)3-6(8)12(17)10-11(13(18)19)16-5-15-10/h3-5H,1-2H3,(H,15,16)(H,18,19). The third-order valence-corrected chi connectivity index (χ3v) is 3.41. The molecule has 1 heterocycles. The van der Waals surface area contributed by atoms with E-state index in [1.165, 1.54) is 20.3 Å². The lowest BCUT2D eigenvalue weighted by Crippen LogP contribution is -2.11. The monoisotopic (exact) mass is 354 g/mol. The summed E-state index contributed by atoms with van der Waals surface area (Å²) in [6, 6.07) is 3.03. The minimum absolute atomic E-state index is 0.159. The number of nitrogens with one attached hydrogen (secondary N) is 1. The molecule has 0 spiro atoms. The van der Waals surface area contributed by atoms with Crippen LogP contribution in [0.5, 0.6) is 11.5 Å². The predicted molar refractivity (Wildman–Crippen MR) is 76.2 cm³/mol. The molecular weight excluding hydrogens is 344 g/mol. The van der Waals surface area contributed by atoms with Crippen LogP contribution in [0.4, 0.5) is 0 Å². The maximum atomic E-state index is 12.5. The highest BCUT2D eigenvalue weighted by molar-refractivity contribution is 9.10. The van der Waals surface area contributed by atoms with E-state index in [1.807, 2.05) is 0 Å². The molecule has 0 amide bonds. The van der Waals surface area contributed by atoms with Crippen LogP contribution >= 0.6 is 15.9 Å². The van der Waals surface area contributed by atoms with Crippen LogP contribution < -0.4 is 9.47 Å². The van der Waals surface area contributed by atoms with Gasteiger partial charge in [-0.25, -0.2) is 9.78 Å². The van der Waals surface area contributed by atoms with Gasteiger partial charge in [0.15, 0.2) is 5.69 Å². The van der Waals surface area contributed by atoms with Gasteiger partial charge in [0.2, 0.25) is 5.78 Å². The van der Waals surface area contributed by atoms with E-state index in [2.05, 4.69) is 25.9 Å². The quantitative estimate of drug-likeness (QED) is 0.797. The Morgan fingerprint density at radius 1 is 1.24 bits per heavy atom. The number of carboxylic acid groups (broad SMARTS) is 1. The summed E-state index contributed by atoms with van der Waals surface area (Å²) in [6.45, 7) is 0. The number of hydrogen-bond acceptors (Lipinski definition) is 5. The number of methoxy groups -OCH3 is 2. The highest BCUT2D eigenvalue weighted by Crippen LogP contribution is 2.34. The SMILES string of the molecule is COc1cc(C(=O)c2nc[nH]c2C(=O)O)c(OC)cc1Br. The lowest BCUT2D eigenvalue weighted by molar-refractivity contribution is 0.0687. The second-order valence-corrected chi connectivity index (χ2v) is 4.80. The van der Waals surface area contributed by atoms with E-state index in [0.717, 1.165) is 6.33 Å². The Morgan fingerprint density at radius 3 is 2.48 bits per heavy atom. The Balaban J connectivity index is 2.57. The second kappa shape index (κ2) is 5.96. The summed E-state index contributed by atoms with van der Waals surface area (Å²) < 4.78 is 10.9. The van der Waals surface area contributed by atoms with Crippen molar-refractivity contribution in [3.8, 4) is 11.5 Å². The number of aromatic nitrogens is 2. The minimum atomic E-state index is -1.26. The molecular formula is C13H11BrN2O5. The van der Waals surface area contributed by atoms with Crippen LogP contribution in [0.3, 0.4) is 0 Å². The first-order chi connectivity index (χ1) is 9.99. The normalized spacial score (nSPS) is 10.2. The number of nitrogens with zero attached hydrogens (tertiary/aromatic N) is 1. The van der Waals surface area contributed by atoms with Gasteiger partial charge in [-0.3, -0.25) is 4.79 Å². The number of carbonyl (C=O) groups is 2. The van der Waals surface area contributed by atoms with E-state index < -0.39 is 11.8 Å². The van der Waals surface area contributed by atoms with Gasteiger partial charge in [-0.15, -0.1) is 0 Å². The molecule has 0 atom stereocenters. The average Bonchev–Trinajstić information content (AvgIpc) is 2.95. The van der Waals surface area contributed by atoms with E-state index >= 15 is 0 Å². The lowest BCUT2D eigenvalue weighted by Gasteiger charge is -2.11. The maximum Gasteiger partial charge on any atom is 0.354 e. The summed E-state index contributed by atoms with van der Waals surface area (Å²) in [4.78, 5) is 29.8. The third-order valence-electron chi connectivity index (χ3n) is 2.79. The van der Waals surface area contributed by atoms with Gasteiger partial charge in [0, 0.05) is 0 Å². The number of ketones is 1. The van der Waals surface area contributed by atoms with Gasteiger partial charge >= 0.3 is 5.97 Å². The van der Waals surface area contributed by atoms with Crippen molar-refractivity contribution in [2.75, 3.05) is 14.2 Å². The van der Waals surface area contributed by atoms with E-state index in [-0.39, 0.29) is 22.7 Å². The summed E-state index contributed by atoms with van der Waals surface area (Å²) in [5.41, 5.74) is -0.304. The van der Waals surface area contributed by atoms with Crippen molar-refractivity contribution in [2.45, 2.75) is 0 Å². The molecule has 0 radical (unpaired) electrons. The second-order valence-electron chi connectivity index (χ2n) is 3.95. The summed E-state index contributed by atoms with van der Waals surface area (Å²) in [7, 11) is 2.87. The van der Waals surface area contributed by atoms with Crippen LogP contribution in [-0.2, 0) is 0 Å². The Morgan fingerprint density at radius 2 is 1.90 bits per heavy atom. The Kier molecular flexibility index (Phi) is 4.27. The van der Waals surface area contributed by atoms with Crippen molar-refractivity contribution in [1.29, 1.82) is 0 Å². The zero-order valence-corrected chi connectivity index (χ0v) is 12.7. The van der Waals surface area contributed by atoms with Crippen molar-refractivity contribution in [1.82, 2.24) is 9.97 Å². The van der Waals surface area contributed by atoms with E-state index in [9.17, 15) is 9.59 Å². The zero-order chi connectivity index (χ0) is 15.6. The number of hydrogen-bond donors (Lipinski definition) is 2. The molecule has 0 aliphatic heterocycles. The number of imidazole rings is 1. The zero-order valence-electron chi connectivity index (χ0n) is 11.1. The molecule has 0 aliphatic carbocycles. The third kappa shape index (κ3) is 2.75. The lowest BCUT2D eigenvalue weighted by atomic mass is 10.1. The van der Waals surface area contributed by atoms with Gasteiger partial charge in [-0.05, 0) is 28.1 Å². The molecule has 1 aromatic heterocycles. The van der Waals surface area contributed by atoms with Crippen molar-refractivity contribution < 1.29 is 24.2 Å². The van der Waals surface area contributed by atoms with E-state index in [1.54, 1.807) is 6.07 Å². The van der Waals surface area contributed by atoms with Crippen LogP contribution in [0.15, 0.2) is 22.9 Å². The number of aromatic amines is 1. The van der Waals surface area contributed by atoms with Gasteiger partial charge < -0.3 is 19.6 Å². The van der Waals surface area contributed by atoms with Crippen molar-refractivity contribution in [3.05, 3.63) is 39.9 Å². The highest BCUT2D eigenvalue weighted by atomic mass is 79.9. The summed E-state index contributed by atoms with van der Waals surface area (Å²) in [5.74, 6) is -1.13. The van der Waals surface area contributed by atoms with Gasteiger partial charge in [-0.2, -0.15) is 0 Å². The fraction of sp³-hybridized carbons (Fsp3) is 0.154. The van der Waals surface area contributed by atoms with Gasteiger partial charge in [-0.1, -0.05) is 0 Å². The summed E-state index contributed by atoms with van der Waals surface area (Å²) >= 11 is 3.29. The Labute approximate surface area is 128 Å². The first-order valence-electron chi connectivity index (χ1n) is 5.72. The van der Waals surface area contributed by atoms with Gasteiger partial charge in [0.25, 0.3) is 0 Å². The summed E-state index contributed by atoms with van der Waals surface area (Å²) in [6.07, 6.45) is 1.15. The van der Waals surface area contributed by atoms with Crippen LogP contribution in [-0.4, -0.2) is 41.0 Å². The number of rotatable bonds is 5. The number of ether oxygens (including phenoxy) is 2. The minimum Gasteiger partial charge on any atom is -0.496 e. The molecule has 2 aromatic rings. The van der Waals surface area contributed by atoms with Gasteiger partial charge in [0.05, 0.1) is 30.6 Å². The molecule has 1 aromatic carbocycles. The van der Waals surface area contributed by atoms with E-state index in [0.29, 0.717) is 10.2 Å². The first-order valence-corrected chi connectivity index (χ1v) is 6.51. The molecule has 8 heteroatoms. The summed E-state index contributed by atoms with van der Waals surface area (Å²) in [5, 5.41) is 9.03. The molecule has 0 aliphatic rings. The van der Waals surface area contributed by atoms with Crippen LogP contribution in [0.1, 0.15) is 26.5 Å². The molecule has 0 unspecified atom stereocenters. The van der Waals surface area contributed by atoms with E-state index in [4.69, 9.17) is 14.6 Å². The Hall–Kier alpha value is -2.35. The number of halogens is 1. The number of H-pyrrole nitrogens is 1. The Bertz CT molecular complexity index is 711. The van der Waals surface area contributed by atoms with Crippen molar-refractivity contribution in [3.63, 3.8) is 0 Å². The highest BCUT2D eigenvalue weighted by Gasteiger charge is 2.24. The topological polar surface area (TPSA) is 102 Å². The predicted octanol–water partition coefficient (Wildman–Crippen LogP) is 2.12. The largest absolute Gasteiger partial charge is 0.496 e. The average molecular weight is 355 g/mol. The van der Waals surface area contributed by atoms with Crippen molar-refractivity contribution in [2.24, 2.45) is 0 Å². The molecule has 21 heavy (non-hydrogen) atoms. The molecule has 0 fully saturated rings. The molecule has 7 nitrogen and oxygen atoms in total. The molecule has 0 saturated carbocycles. The number of benzene rings is 1. The van der Waals surface area contributed by atoms with Gasteiger partial charge in [0.1, 0.15) is 17.2 Å². The van der Waals surface area contributed by atoms with Crippen molar-refractivity contribution >= 4 is 27.7 Å². The fourth-order valence-corrected chi connectivity index (χ4v) is 2.28. The molecule has 110 valence electrons. The number of carbonyl (C=O) groups excluding carboxylic acids is 1. The van der Waals surface area contributed by atoms with Crippen LogP contribution in [0.25, 0.3) is 0 Å². The maximum absolute atomic E-state index is 12.5. The fourth-order valence-electron chi connectivity index (χ4n) is 1.79.